The minimum Gasteiger partial charge on any atom is -0.480 e. The molecule has 14 heavy (non-hydrogen) atoms. The molecule has 1 atom stereocenters. The van der Waals surface area contributed by atoms with Crippen LogP contribution in [0.25, 0.3) is 0 Å². The van der Waals surface area contributed by atoms with Gasteiger partial charge >= 0.3 is 5.97 Å². The zero-order valence-corrected chi connectivity index (χ0v) is 8.74. The molecule has 0 aromatic rings. The predicted molar refractivity (Wildman–Crippen MR) is 57.7 cm³/mol. The lowest BCUT2D eigenvalue weighted by Gasteiger charge is -2.02. The maximum atomic E-state index is 10.3. The lowest BCUT2D eigenvalue weighted by atomic mass is 10.2. The average Bonchev–Trinajstić information content (AvgIpc) is 2.16. The van der Waals surface area contributed by atoms with Crippen LogP contribution < -0.4 is 5.73 Å². The normalized spacial score (nSPS) is 12.9. The number of azo groups is 1. The van der Waals surface area contributed by atoms with E-state index in [1.165, 1.54) is 0 Å². The highest BCUT2D eigenvalue weighted by molar-refractivity contribution is 7.78. The summed E-state index contributed by atoms with van der Waals surface area (Å²) < 4.78 is 0. The van der Waals surface area contributed by atoms with E-state index in [0.717, 1.165) is 6.42 Å². The molecule has 5 nitrogen and oxygen atoms in total. The van der Waals surface area contributed by atoms with Crippen molar-refractivity contribution in [2.45, 2.75) is 25.3 Å². The number of hydrogen-bond donors (Lipinski definition) is 2. The Labute approximate surface area is 88.4 Å². The Morgan fingerprint density at radius 2 is 2.14 bits per heavy atom. The summed E-state index contributed by atoms with van der Waals surface area (Å²) in [5, 5.41) is 17.8. The monoisotopic (exact) mass is 217 g/mol. The molecule has 0 spiro atoms. The fraction of sp³-hybridized carbons (Fsp3) is 0.750. The Kier molecular flexibility index (Phi) is 8.16. The number of nitrogens with zero attached hydrogens (tertiary/aromatic N) is 2. The maximum Gasteiger partial charge on any atom is 0.320 e. The van der Waals surface area contributed by atoms with Crippen LogP contribution in [0, 0.1) is 0 Å². The van der Waals surface area contributed by atoms with Gasteiger partial charge in [-0.25, -0.2) is 0 Å². The van der Waals surface area contributed by atoms with Crippen molar-refractivity contribution < 1.29 is 9.90 Å². The lowest BCUT2D eigenvalue weighted by molar-refractivity contribution is -0.138. The number of thiocarbonyl (C=S) groups is 1. The van der Waals surface area contributed by atoms with Crippen molar-refractivity contribution >= 4 is 23.6 Å². The van der Waals surface area contributed by atoms with E-state index in [1.807, 2.05) is 0 Å². The summed E-state index contributed by atoms with van der Waals surface area (Å²) >= 11 is 4.61. The van der Waals surface area contributed by atoms with E-state index >= 15 is 0 Å². The fourth-order valence-corrected chi connectivity index (χ4v) is 0.863. The van der Waals surface area contributed by atoms with E-state index in [2.05, 4.69) is 22.4 Å². The molecule has 0 aliphatic heterocycles. The summed E-state index contributed by atoms with van der Waals surface area (Å²) in [5.41, 5.74) is 5.29. The molecule has 0 aliphatic carbocycles. The van der Waals surface area contributed by atoms with Gasteiger partial charge in [0.2, 0.25) is 0 Å². The second-order valence-electron chi connectivity index (χ2n) is 2.77. The highest BCUT2D eigenvalue weighted by Gasteiger charge is 2.09. The molecule has 0 rings (SSSR count). The molecule has 0 heterocycles. The fourth-order valence-electron chi connectivity index (χ4n) is 0.757. The zero-order valence-electron chi connectivity index (χ0n) is 7.93. The van der Waals surface area contributed by atoms with Crippen LogP contribution in [0.4, 0.5) is 0 Å². The first-order valence-electron chi connectivity index (χ1n) is 4.43. The van der Waals surface area contributed by atoms with Crippen LogP contribution in [0.15, 0.2) is 10.2 Å². The van der Waals surface area contributed by atoms with Crippen molar-refractivity contribution in [1.29, 1.82) is 0 Å². The molecule has 0 radical (unpaired) electrons. The summed E-state index contributed by atoms with van der Waals surface area (Å²) in [4.78, 5) is 10.3. The number of carboxylic acids is 1. The van der Waals surface area contributed by atoms with Crippen LogP contribution >= 0.6 is 12.2 Å². The van der Waals surface area contributed by atoms with Gasteiger partial charge < -0.3 is 10.8 Å². The van der Waals surface area contributed by atoms with E-state index in [9.17, 15) is 4.79 Å². The highest BCUT2D eigenvalue weighted by atomic mass is 32.1. The molecule has 0 fully saturated rings. The van der Waals surface area contributed by atoms with E-state index in [1.54, 1.807) is 5.37 Å². The van der Waals surface area contributed by atoms with E-state index in [4.69, 9.17) is 10.8 Å². The van der Waals surface area contributed by atoms with Gasteiger partial charge in [0, 0.05) is 0 Å². The summed E-state index contributed by atoms with van der Waals surface area (Å²) in [5.74, 6) is -0.970. The van der Waals surface area contributed by atoms with Crippen molar-refractivity contribution in [2.24, 2.45) is 16.0 Å². The number of carboxylic acid groups (broad SMARTS) is 1. The van der Waals surface area contributed by atoms with Crippen molar-refractivity contribution in [3.05, 3.63) is 0 Å². The largest absolute Gasteiger partial charge is 0.480 e. The van der Waals surface area contributed by atoms with Crippen molar-refractivity contribution in [1.82, 2.24) is 0 Å². The summed E-state index contributed by atoms with van der Waals surface area (Å²) in [7, 11) is 0. The van der Waals surface area contributed by atoms with Gasteiger partial charge in [-0.05, 0) is 24.6 Å². The van der Waals surface area contributed by atoms with E-state index < -0.39 is 12.0 Å². The summed E-state index contributed by atoms with van der Waals surface area (Å²) in [6, 6.07) is -0.786. The Morgan fingerprint density at radius 3 is 2.71 bits per heavy atom. The first-order chi connectivity index (χ1) is 6.68. The van der Waals surface area contributed by atoms with Gasteiger partial charge in [0.15, 0.2) is 0 Å². The van der Waals surface area contributed by atoms with E-state index in [-0.39, 0.29) is 0 Å². The predicted octanol–water partition coefficient (Wildman–Crippen LogP) is 1.02. The lowest BCUT2D eigenvalue weighted by Crippen LogP contribution is -2.29. The number of hydrogen-bond acceptors (Lipinski definition) is 5. The first-order valence-corrected chi connectivity index (χ1v) is 4.91. The molecule has 80 valence electrons. The molecular formula is C8H15N3O2S. The molecule has 6 heteroatoms. The van der Waals surface area contributed by atoms with Crippen molar-refractivity contribution in [3.63, 3.8) is 0 Å². The van der Waals surface area contributed by atoms with Gasteiger partial charge in [-0.3, -0.25) is 4.79 Å². The van der Waals surface area contributed by atoms with Crippen LogP contribution in [-0.2, 0) is 4.79 Å². The smallest absolute Gasteiger partial charge is 0.320 e. The SMILES string of the molecule is N[C@@H](CCCN=NCCC=S)C(=O)O. The number of carbonyl (C=O) groups is 1. The van der Waals surface area contributed by atoms with Crippen molar-refractivity contribution in [2.75, 3.05) is 13.1 Å². The van der Waals surface area contributed by atoms with Gasteiger partial charge in [-0.2, -0.15) is 10.2 Å². The Bertz CT molecular complexity index is 209. The van der Waals surface area contributed by atoms with E-state index in [0.29, 0.717) is 25.9 Å². The number of rotatable bonds is 8. The van der Waals surface area contributed by atoms with Gasteiger partial charge in [0.25, 0.3) is 0 Å². The molecule has 0 saturated carbocycles. The molecule has 0 aromatic carbocycles. The molecule has 0 amide bonds. The summed E-state index contributed by atoms with van der Waals surface area (Å²) in [6.07, 6.45) is 1.82. The third-order valence-electron chi connectivity index (χ3n) is 1.54. The quantitative estimate of drug-likeness (QED) is 0.361. The standard InChI is InChI=1S/C8H15N3O2S/c9-7(8(12)13)3-1-4-10-11-5-2-6-14/h6-7H,1-5,9H2,(H,12,13)/t7-/m0/s1. The molecule has 0 bridgehead atoms. The van der Waals surface area contributed by atoms with Crippen LogP contribution in [0.2, 0.25) is 0 Å². The molecule has 3 N–H and O–H groups in total. The Balaban J connectivity index is 3.32. The van der Waals surface area contributed by atoms with Crippen LogP contribution in [0.3, 0.4) is 0 Å². The third kappa shape index (κ3) is 7.75. The number of nitrogens with two attached hydrogens (primary N) is 1. The molecule has 0 saturated heterocycles. The molecule has 0 aliphatic rings. The third-order valence-corrected chi connectivity index (χ3v) is 1.77. The Morgan fingerprint density at radius 1 is 1.50 bits per heavy atom. The topological polar surface area (TPSA) is 88.0 Å². The Hall–Kier alpha value is -0.880. The van der Waals surface area contributed by atoms with Gasteiger partial charge in [0.1, 0.15) is 6.04 Å². The molecule has 0 unspecified atom stereocenters. The first kappa shape index (κ1) is 13.1. The van der Waals surface area contributed by atoms with Crippen LogP contribution in [0.5, 0.6) is 0 Å². The van der Waals surface area contributed by atoms with Crippen LogP contribution in [-0.4, -0.2) is 35.6 Å². The van der Waals surface area contributed by atoms with Crippen LogP contribution in [0.1, 0.15) is 19.3 Å². The zero-order chi connectivity index (χ0) is 10.8. The van der Waals surface area contributed by atoms with Gasteiger partial charge in [0.05, 0.1) is 13.1 Å². The minimum absolute atomic E-state index is 0.432. The van der Waals surface area contributed by atoms with Gasteiger partial charge in [-0.1, -0.05) is 12.2 Å². The minimum atomic E-state index is -0.970. The molecular weight excluding hydrogens is 202 g/mol. The molecule has 0 aromatic heterocycles. The second-order valence-corrected chi connectivity index (χ2v) is 3.11. The second kappa shape index (κ2) is 8.71. The number of aliphatic carboxylic acids is 1. The average molecular weight is 217 g/mol. The van der Waals surface area contributed by atoms with Gasteiger partial charge in [-0.15, -0.1) is 0 Å². The summed E-state index contributed by atoms with van der Waals surface area (Å²) in [6.45, 7) is 1.13. The maximum absolute atomic E-state index is 10.3. The van der Waals surface area contributed by atoms with Crippen molar-refractivity contribution in [3.8, 4) is 0 Å². The highest BCUT2D eigenvalue weighted by Crippen LogP contribution is 1.95.